The van der Waals surface area contributed by atoms with E-state index in [1.54, 1.807) is 0 Å². The maximum Gasteiger partial charge on any atom is 0.164 e. The molecule has 1 aromatic heterocycles. The largest absolute Gasteiger partial charge is 0.208 e. The van der Waals surface area contributed by atoms with Crippen molar-refractivity contribution in [3.05, 3.63) is 176 Å². The van der Waals surface area contributed by atoms with Gasteiger partial charge in [0.05, 0.1) is 0 Å². The Bertz CT molecular complexity index is 2520. The maximum absolute atomic E-state index is 5.01. The van der Waals surface area contributed by atoms with E-state index in [9.17, 15) is 0 Å². The monoisotopic (exact) mass is 611 g/mol. The smallest absolute Gasteiger partial charge is 0.164 e. The first kappa shape index (κ1) is 27.8. The fourth-order valence-electron chi connectivity index (χ4n) is 6.70. The van der Waals surface area contributed by atoms with Gasteiger partial charge in [0.2, 0.25) is 0 Å². The zero-order chi connectivity index (χ0) is 31.9. The van der Waals surface area contributed by atoms with Crippen LogP contribution in [0.25, 0.3) is 88.7 Å². The summed E-state index contributed by atoms with van der Waals surface area (Å²) in [5, 5.41) is 7.29. The van der Waals surface area contributed by atoms with Crippen molar-refractivity contribution in [3.8, 4) is 56.4 Å². The molecule has 0 aliphatic rings. The number of nitrogens with zero attached hydrogens (tertiary/aromatic N) is 3. The lowest BCUT2D eigenvalue weighted by Crippen LogP contribution is -2.00. The number of rotatable bonds is 5. The molecule has 9 rings (SSSR count). The van der Waals surface area contributed by atoms with E-state index in [0.717, 1.165) is 16.7 Å². The zero-order valence-corrected chi connectivity index (χ0v) is 26.1. The predicted molar refractivity (Wildman–Crippen MR) is 200 cm³/mol. The molecule has 0 aliphatic carbocycles. The van der Waals surface area contributed by atoms with Crippen LogP contribution >= 0.6 is 0 Å². The van der Waals surface area contributed by atoms with Crippen LogP contribution in [0.4, 0.5) is 0 Å². The molecule has 3 nitrogen and oxygen atoms in total. The minimum absolute atomic E-state index is 0.654. The summed E-state index contributed by atoms with van der Waals surface area (Å²) in [5.74, 6) is 1.97. The van der Waals surface area contributed by atoms with Gasteiger partial charge in [-0.05, 0) is 66.7 Å². The highest BCUT2D eigenvalue weighted by atomic mass is 15.0. The van der Waals surface area contributed by atoms with Crippen molar-refractivity contribution in [1.82, 2.24) is 15.0 Å². The van der Waals surface area contributed by atoms with Crippen LogP contribution in [0.3, 0.4) is 0 Å². The van der Waals surface area contributed by atoms with Gasteiger partial charge in [-0.15, -0.1) is 0 Å². The average Bonchev–Trinajstić information content (AvgIpc) is 3.18. The van der Waals surface area contributed by atoms with Gasteiger partial charge in [0.25, 0.3) is 0 Å². The highest BCUT2D eigenvalue weighted by Crippen LogP contribution is 2.39. The number of aromatic nitrogens is 3. The summed E-state index contributed by atoms with van der Waals surface area (Å²) >= 11 is 0. The molecule has 0 spiro atoms. The second-order valence-electron chi connectivity index (χ2n) is 12.0. The maximum atomic E-state index is 5.01. The Hall–Kier alpha value is -6.45. The van der Waals surface area contributed by atoms with Gasteiger partial charge in [0, 0.05) is 16.7 Å². The molecule has 0 bridgehead atoms. The van der Waals surface area contributed by atoms with Crippen LogP contribution in [0.1, 0.15) is 0 Å². The van der Waals surface area contributed by atoms with Crippen LogP contribution in [0.2, 0.25) is 0 Å². The van der Waals surface area contributed by atoms with Crippen molar-refractivity contribution < 1.29 is 0 Å². The van der Waals surface area contributed by atoms with E-state index in [1.807, 2.05) is 60.7 Å². The van der Waals surface area contributed by atoms with Crippen molar-refractivity contribution in [2.45, 2.75) is 0 Å². The quantitative estimate of drug-likeness (QED) is 0.182. The Morgan fingerprint density at radius 1 is 0.208 bits per heavy atom. The highest BCUT2D eigenvalue weighted by Gasteiger charge is 2.15. The van der Waals surface area contributed by atoms with E-state index in [4.69, 9.17) is 15.0 Å². The molecular formula is C45H29N3. The Balaban J connectivity index is 1.21. The van der Waals surface area contributed by atoms with Crippen LogP contribution < -0.4 is 0 Å². The molecule has 0 saturated carbocycles. The minimum atomic E-state index is 0.654. The first-order valence-corrected chi connectivity index (χ1v) is 16.2. The molecule has 48 heavy (non-hydrogen) atoms. The minimum Gasteiger partial charge on any atom is -0.208 e. The lowest BCUT2D eigenvalue weighted by molar-refractivity contribution is 1.07. The zero-order valence-electron chi connectivity index (χ0n) is 26.1. The lowest BCUT2D eigenvalue weighted by Gasteiger charge is -2.14. The van der Waals surface area contributed by atoms with Gasteiger partial charge in [-0.25, -0.2) is 15.0 Å². The molecule has 0 atom stereocenters. The van der Waals surface area contributed by atoms with Gasteiger partial charge in [-0.1, -0.05) is 164 Å². The van der Waals surface area contributed by atoms with Gasteiger partial charge in [0.1, 0.15) is 0 Å². The number of benzene rings is 8. The lowest BCUT2D eigenvalue weighted by atomic mass is 9.91. The molecule has 0 fully saturated rings. The summed E-state index contributed by atoms with van der Waals surface area (Å²) in [6, 6.07) is 61.8. The Morgan fingerprint density at radius 2 is 0.521 bits per heavy atom. The molecule has 0 unspecified atom stereocenters. The third kappa shape index (κ3) is 4.99. The summed E-state index contributed by atoms with van der Waals surface area (Å²) in [5.41, 5.74) is 7.70. The third-order valence-electron chi connectivity index (χ3n) is 9.12. The SMILES string of the molecule is c1ccc(-c2ccc(-c3ccc4c(c3)c3ccccc3c3ccc(-c5nc(-c6ccccc6)nc(-c6ccccc6)n5)cc34)cc2)cc1. The van der Waals surface area contributed by atoms with E-state index in [-0.39, 0.29) is 0 Å². The Labute approximate surface area is 278 Å². The second-order valence-corrected chi connectivity index (χ2v) is 12.0. The third-order valence-corrected chi connectivity index (χ3v) is 9.12. The number of hydrogen-bond acceptors (Lipinski definition) is 3. The van der Waals surface area contributed by atoms with Gasteiger partial charge >= 0.3 is 0 Å². The van der Waals surface area contributed by atoms with Crippen molar-refractivity contribution >= 4 is 32.3 Å². The molecule has 9 aromatic rings. The summed E-state index contributed by atoms with van der Waals surface area (Å²) in [4.78, 5) is 14.9. The summed E-state index contributed by atoms with van der Waals surface area (Å²) in [7, 11) is 0. The van der Waals surface area contributed by atoms with Crippen molar-refractivity contribution in [1.29, 1.82) is 0 Å². The first-order valence-electron chi connectivity index (χ1n) is 16.2. The van der Waals surface area contributed by atoms with E-state index in [0.29, 0.717) is 17.5 Å². The molecular weight excluding hydrogens is 583 g/mol. The fourth-order valence-corrected chi connectivity index (χ4v) is 6.70. The van der Waals surface area contributed by atoms with E-state index in [2.05, 4.69) is 115 Å². The van der Waals surface area contributed by atoms with Crippen LogP contribution in [-0.2, 0) is 0 Å². The highest BCUT2D eigenvalue weighted by molar-refractivity contribution is 6.26. The first-order chi connectivity index (χ1) is 23.8. The standard InChI is InChI=1S/C45H29N3/c1-4-12-30(13-5-1)31-20-22-32(23-21-31)35-24-26-40-41(28-35)38-19-11-10-18-37(38)39-27-25-36(29-42(39)40)45-47-43(33-14-6-2-7-15-33)46-44(48-45)34-16-8-3-9-17-34/h1-29H. The summed E-state index contributed by atoms with van der Waals surface area (Å²) in [6.45, 7) is 0. The molecule has 0 amide bonds. The predicted octanol–water partition coefficient (Wildman–Crippen LogP) is 11.7. The Kier molecular flexibility index (Phi) is 6.80. The molecule has 3 heteroatoms. The van der Waals surface area contributed by atoms with Crippen LogP contribution in [-0.4, -0.2) is 15.0 Å². The van der Waals surface area contributed by atoms with E-state index >= 15 is 0 Å². The van der Waals surface area contributed by atoms with Gasteiger partial charge in [-0.2, -0.15) is 0 Å². The normalized spacial score (nSPS) is 11.3. The molecule has 1 heterocycles. The molecule has 224 valence electrons. The fraction of sp³-hybridized carbons (Fsp3) is 0. The molecule has 0 saturated heterocycles. The molecule has 0 N–H and O–H groups in total. The van der Waals surface area contributed by atoms with Crippen molar-refractivity contribution in [2.75, 3.05) is 0 Å². The molecule has 0 aliphatic heterocycles. The average molecular weight is 612 g/mol. The molecule has 0 radical (unpaired) electrons. The van der Waals surface area contributed by atoms with Crippen LogP contribution in [0.5, 0.6) is 0 Å². The molecule has 8 aromatic carbocycles. The van der Waals surface area contributed by atoms with E-state index in [1.165, 1.54) is 54.6 Å². The number of hydrogen-bond donors (Lipinski definition) is 0. The van der Waals surface area contributed by atoms with Gasteiger partial charge in [-0.3, -0.25) is 0 Å². The van der Waals surface area contributed by atoms with Crippen LogP contribution in [0, 0.1) is 0 Å². The van der Waals surface area contributed by atoms with Gasteiger partial charge < -0.3 is 0 Å². The Morgan fingerprint density at radius 3 is 1.06 bits per heavy atom. The van der Waals surface area contributed by atoms with Crippen LogP contribution in [0.15, 0.2) is 176 Å². The number of fused-ring (bicyclic) bond motifs is 6. The second kappa shape index (κ2) is 11.7. The van der Waals surface area contributed by atoms with Gasteiger partial charge in [0.15, 0.2) is 17.5 Å². The summed E-state index contributed by atoms with van der Waals surface area (Å²) in [6.07, 6.45) is 0. The van der Waals surface area contributed by atoms with Crippen molar-refractivity contribution in [2.24, 2.45) is 0 Å². The van der Waals surface area contributed by atoms with E-state index < -0.39 is 0 Å². The summed E-state index contributed by atoms with van der Waals surface area (Å²) < 4.78 is 0. The van der Waals surface area contributed by atoms with Crippen molar-refractivity contribution in [3.63, 3.8) is 0 Å². The topological polar surface area (TPSA) is 38.7 Å².